The molecular formula is C15H24O. The van der Waals surface area contributed by atoms with Crippen molar-refractivity contribution >= 4 is 5.78 Å². The van der Waals surface area contributed by atoms with Gasteiger partial charge in [-0.1, -0.05) is 39.3 Å². The number of carbonyl (C=O) groups is 1. The molecule has 0 amide bonds. The fraction of sp³-hybridized carbons (Fsp3) is 0.800. The number of hydrogen-bond donors (Lipinski definition) is 0. The summed E-state index contributed by atoms with van der Waals surface area (Å²) in [5, 5.41) is 0. The van der Waals surface area contributed by atoms with E-state index in [4.69, 9.17) is 0 Å². The quantitative estimate of drug-likeness (QED) is 0.611. The third-order valence-electron chi connectivity index (χ3n) is 5.12. The molecule has 1 fully saturated rings. The molecule has 2 rings (SSSR count). The molecule has 0 heterocycles. The van der Waals surface area contributed by atoms with Crippen molar-refractivity contribution in [2.45, 2.75) is 53.4 Å². The molecule has 16 heavy (non-hydrogen) atoms. The van der Waals surface area contributed by atoms with Crippen molar-refractivity contribution in [1.29, 1.82) is 0 Å². The highest BCUT2D eigenvalue weighted by Gasteiger charge is 2.51. The van der Waals surface area contributed by atoms with Gasteiger partial charge in [-0.15, -0.1) is 0 Å². The second-order valence-electron chi connectivity index (χ2n) is 6.65. The molecule has 0 aromatic rings. The van der Waals surface area contributed by atoms with Gasteiger partial charge in [0.1, 0.15) is 5.78 Å². The van der Waals surface area contributed by atoms with Gasteiger partial charge < -0.3 is 0 Å². The molecule has 3 atom stereocenters. The number of carbonyl (C=O) groups excluding carboxylic acids is 1. The van der Waals surface area contributed by atoms with E-state index in [1.165, 1.54) is 19.3 Å². The minimum absolute atomic E-state index is 0.158. The van der Waals surface area contributed by atoms with Crippen molar-refractivity contribution in [3.63, 3.8) is 0 Å². The summed E-state index contributed by atoms with van der Waals surface area (Å²) in [6.07, 6.45) is 9.37. The summed E-state index contributed by atoms with van der Waals surface area (Å²) in [4.78, 5) is 11.8. The van der Waals surface area contributed by atoms with Gasteiger partial charge in [0.25, 0.3) is 0 Å². The zero-order valence-electron chi connectivity index (χ0n) is 11.0. The van der Waals surface area contributed by atoms with Crippen molar-refractivity contribution in [1.82, 2.24) is 0 Å². The maximum Gasteiger partial charge on any atom is 0.137 e. The van der Waals surface area contributed by atoms with Crippen LogP contribution in [-0.2, 0) is 4.79 Å². The maximum atomic E-state index is 11.8. The highest BCUT2D eigenvalue weighted by molar-refractivity contribution is 5.81. The number of allylic oxidation sites excluding steroid dienone is 2. The zero-order chi connectivity index (χ0) is 12.0. The topological polar surface area (TPSA) is 17.1 Å². The Balaban J connectivity index is 2.39. The molecule has 0 aromatic heterocycles. The summed E-state index contributed by atoms with van der Waals surface area (Å²) in [6, 6.07) is 0. The van der Waals surface area contributed by atoms with Gasteiger partial charge in [0.2, 0.25) is 0 Å². The van der Waals surface area contributed by atoms with Crippen molar-refractivity contribution < 1.29 is 4.79 Å². The second kappa shape index (κ2) is 3.72. The third kappa shape index (κ3) is 1.65. The monoisotopic (exact) mass is 220 g/mol. The number of ketones is 1. The predicted octanol–water partition coefficient (Wildman–Crippen LogP) is 3.98. The standard InChI is InChI=1S/C15H24O/c1-11(16)12-7-5-8-13-14(2,3)9-6-10-15(12,13)4/h5,7,12-13H,6,8-10H2,1-4H3/t12-,13+,15-/m1/s1. The molecule has 0 unspecified atom stereocenters. The van der Waals surface area contributed by atoms with E-state index in [2.05, 4.69) is 32.9 Å². The summed E-state index contributed by atoms with van der Waals surface area (Å²) in [6.45, 7) is 8.86. The van der Waals surface area contributed by atoms with E-state index in [1.54, 1.807) is 6.92 Å². The molecule has 2 aliphatic rings. The Hall–Kier alpha value is -0.590. The molecule has 0 N–H and O–H groups in total. The smallest absolute Gasteiger partial charge is 0.137 e. The first-order chi connectivity index (χ1) is 7.38. The minimum atomic E-state index is 0.158. The Morgan fingerprint density at radius 3 is 2.56 bits per heavy atom. The highest BCUT2D eigenvalue weighted by Crippen LogP contribution is 2.58. The van der Waals surface area contributed by atoms with Crippen LogP contribution in [-0.4, -0.2) is 5.78 Å². The van der Waals surface area contributed by atoms with Gasteiger partial charge in [0, 0.05) is 5.92 Å². The van der Waals surface area contributed by atoms with Gasteiger partial charge in [-0.2, -0.15) is 0 Å². The summed E-state index contributed by atoms with van der Waals surface area (Å²) >= 11 is 0. The first-order valence-corrected chi connectivity index (χ1v) is 6.55. The summed E-state index contributed by atoms with van der Waals surface area (Å²) in [5.74, 6) is 1.18. The van der Waals surface area contributed by atoms with E-state index in [0.29, 0.717) is 17.1 Å². The van der Waals surface area contributed by atoms with E-state index in [0.717, 1.165) is 6.42 Å². The summed E-state index contributed by atoms with van der Waals surface area (Å²) in [5.41, 5.74) is 0.605. The molecule has 1 nitrogen and oxygen atoms in total. The SMILES string of the molecule is CC(=O)[C@H]1C=CC[C@H]2C(C)(C)CCC[C@]12C. The fourth-order valence-corrected chi connectivity index (χ4v) is 4.30. The first kappa shape index (κ1) is 11.9. The van der Waals surface area contributed by atoms with Crippen LogP contribution >= 0.6 is 0 Å². The van der Waals surface area contributed by atoms with Crippen molar-refractivity contribution in [3.05, 3.63) is 12.2 Å². The van der Waals surface area contributed by atoms with Crippen LogP contribution < -0.4 is 0 Å². The minimum Gasteiger partial charge on any atom is -0.299 e. The molecule has 0 radical (unpaired) electrons. The fourth-order valence-electron chi connectivity index (χ4n) is 4.30. The molecule has 2 aliphatic carbocycles. The van der Waals surface area contributed by atoms with E-state index in [9.17, 15) is 4.79 Å². The Morgan fingerprint density at radius 2 is 1.94 bits per heavy atom. The van der Waals surface area contributed by atoms with Crippen LogP contribution in [0, 0.1) is 22.7 Å². The maximum absolute atomic E-state index is 11.8. The molecule has 0 aromatic carbocycles. The Bertz CT molecular complexity index is 326. The van der Waals surface area contributed by atoms with Gasteiger partial charge in [-0.3, -0.25) is 4.79 Å². The van der Waals surface area contributed by atoms with Crippen molar-refractivity contribution in [3.8, 4) is 0 Å². The molecule has 0 spiro atoms. The number of hydrogen-bond acceptors (Lipinski definition) is 1. The van der Waals surface area contributed by atoms with Crippen LogP contribution in [0.2, 0.25) is 0 Å². The second-order valence-corrected chi connectivity index (χ2v) is 6.65. The molecule has 90 valence electrons. The largest absolute Gasteiger partial charge is 0.299 e. The van der Waals surface area contributed by atoms with Crippen molar-refractivity contribution in [2.75, 3.05) is 0 Å². The van der Waals surface area contributed by atoms with Crippen molar-refractivity contribution in [2.24, 2.45) is 22.7 Å². The lowest BCUT2D eigenvalue weighted by Crippen LogP contribution is -2.49. The van der Waals surface area contributed by atoms with Gasteiger partial charge in [-0.25, -0.2) is 0 Å². The predicted molar refractivity (Wildman–Crippen MR) is 67.2 cm³/mol. The summed E-state index contributed by atoms with van der Waals surface area (Å²) < 4.78 is 0. The molecule has 0 bridgehead atoms. The van der Waals surface area contributed by atoms with Crippen LogP contribution in [0.1, 0.15) is 53.4 Å². The van der Waals surface area contributed by atoms with E-state index in [-0.39, 0.29) is 11.3 Å². The van der Waals surface area contributed by atoms with E-state index >= 15 is 0 Å². The molecule has 0 aliphatic heterocycles. The van der Waals surface area contributed by atoms with Gasteiger partial charge in [0.05, 0.1) is 0 Å². The lowest BCUT2D eigenvalue weighted by molar-refractivity contribution is -0.128. The normalized spacial score (nSPS) is 41.5. The Kier molecular flexibility index (Phi) is 2.76. The first-order valence-electron chi connectivity index (χ1n) is 6.55. The van der Waals surface area contributed by atoms with E-state index in [1.807, 2.05) is 0 Å². The Morgan fingerprint density at radius 1 is 1.25 bits per heavy atom. The number of fused-ring (bicyclic) bond motifs is 1. The summed E-state index contributed by atoms with van der Waals surface area (Å²) in [7, 11) is 0. The highest BCUT2D eigenvalue weighted by atomic mass is 16.1. The van der Waals surface area contributed by atoms with Gasteiger partial charge in [-0.05, 0) is 42.9 Å². The van der Waals surface area contributed by atoms with Crippen LogP contribution in [0.3, 0.4) is 0 Å². The van der Waals surface area contributed by atoms with Crippen LogP contribution in [0.5, 0.6) is 0 Å². The van der Waals surface area contributed by atoms with E-state index < -0.39 is 0 Å². The average Bonchev–Trinajstić information content (AvgIpc) is 2.15. The third-order valence-corrected chi connectivity index (χ3v) is 5.12. The number of Topliss-reactive ketones (excluding diaryl/α,β-unsaturated/α-hetero) is 1. The lowest BCUT2D eigenvalue weighted by atomic mass is 9.49. The lowest BCUT2D eigenvalue weighted by Gasteiger charge is -2.55. The molecule has 1 heteroatoms. The zero-order valence-corrected chi connectivity index (χ0v) is 11.0. The van der Waals surface area contributed by atoms with Crippen LogP contribution in [0.4, 0.5) is 0 Å². The average molecular weight is 220 g/mol. The van der Waals surface area contributed by atoms with Gasteiger partial charge >= 0.3 is 0 Å². The number of rotatable bonds is 1. The Labute approximate surface area is 99.3 Å². The van der Waals surface area contributed by atoms with Crippen LogP contribution in [0.25, 0.3) is 0 Å². The molecular weight excluding hydrogens is 196 g/mol. The van der Waals surface area contributed by atoms with Crippen LogP contribution in [0.15, 0.2) is 12.2 Å². The van der Waals surface area contributed by atoms with Gasteiger partial charge in [0.15, 0.2) is 0 Å². The molecule has 0 saturated heterocycles. The molecule has 1 saturated carbocycles.